The lowest BCUT2D eigenvalue weighted by atomic mass is 10.2. The average Bonchev–Trinajstić information content (AvgIpc) is 2.67. The fraction of sp³-hybridized carbons (Fsp3) is 0.714. The lowest BCUT2D eigenvalue weighted by Gasteiger charge is -2.19. The van der Waals surface area contributed by atoms with Crippen molar-refractivity contribution in [3.8, 4) is 0 Å². The summed E-state index contributed by atoms with van der Waals surface area (Å²) in [4.78, 5) is 21.0. The topological polar surface area (TPSA) is 61.0 Å². The molecule has 0 radical (unpaired) electrons. The van der Waals surface area contributed by atoms with E-state index >= 15 is 0 Å². The summed E-state index contributed by atoms with van der Waals surface area (Å²) in [6.45, 7) is 6.25. The Labute approximate surface area is 114 Å². The monoisotopic (exact) mass is 264 g/mol. The first-order valence-electron chi connectivity index (χ1n) is 7.34. The van der Waals surface area contributed by atoms with Crippen LogP contribution in [0.2, 0.25) is 0 Å². The Bertz CT molecular complexity index is 435. The summed E-state index contributed by atoms with van der Waals surface area (Å²) in [7, 11) is 0. The highest BCUT2D eigenvalue weighted by atomic mass is 16.1. The van der Waals surface area contributed by atoms with Crippen LogP contribution in [-0.2, 0) is 6.42 Å². The molecule has 0 aliphatic carbocycles. The first kappa shape index (κ1) is 14.1. The van der Waals surface area contributed by atoms with Crippen LogP contribution in [0.5, 0.6) is 0 Å². The van der Waals surface area contributed by atoms with Gasteiger partial charge in [-0.2, -0.15) is 0 Å². The van der Waals surface area contributed by atoms with Crippen LogP contribution in [-0.4, -0.2) is 41.0 Å². The van der Waals surface area contributed by atoms with Crippen LogP contribution in [0.3, 0.4) is 0 Å². The van der Waals surface area contributed by atoms with E-state index in [2.05, 4.69) is 20.2 Å². The van der Waals surface area contributed by atoms with E-state index in [4.69, 9.17) is 0 Å². The molecule has 0 aromatic carbocycles. The van der Waals surface area contributed by atoms with Gasteiger partial charge in [0.05, 0.1) is 0 Å². The maximum Gasteiger partial charge on any atom is 0.252 e. The molecule has 0 amide bonds. The Hall–Kier alpha value is -1.36. The van der Waals surface area contributed by atoms with Crippen LogP contribution in [0, 0.1) is 0 Å². The van der Waals surface area contributed by atoms with E-state index in [0.717, 1.165) is 25.3 Å². The minimum absolute atomic E-state index is 0.0795. The highest BCUT2D eigenvalue weighted by Gasteiger charge is 2.08. The van der Waals surface area contributed by atoms with Gasteiger partial charge in [-0.25, -0.2) is 4.98 Å². The second-order valence-electron chi connectivity index (χ2n) is 5.11. The molecule has 1 aliphatic heterocycles. The van der Waals surface area contributed by atoms with Crippen LogP contribution in [0.15, 0.2) is 10.9 Å². The molecule has 0 saturated carbocycles. The molecule has 1 aliphatic rings. The molecule has 19 heavy (non-hydrogen) atoms. The van der Waals surface area contributed by atoms with Gasteiger partial charge in [0.25, 0.3) is 5.56 Å². The van der Waals surface area contributed by atoms with Gasteiger partial charge in [0.1, 0.15) is 11.6 Å². The molecule has 1 saturated heterocycles. The number of rotatable bonds is 5. The zero-order chi connectivity index (χ0) is 13.5. The summed E-state index contributed by atoms with van der Waals surface area (Å²) in [5.41, 5.74) is -0.0795. The average molecular weight is 264 g/mol. The molecular weight excluding hydrogens is 240 g/mol. The molecular formula is C14H24N4O. The molecule has 1 aromatic rings. The van der Waals surface area contributed by atoms with Gasteiger partial charge in [0.2, 0.25) is 0 Å². The maximum absolute atomic E-state index is 11.4. The van der Waals surface area contributed by atoms with Gasteiger partial charge in [0, 0.05) is 25.6 Å². The van der Waals surface area contributed by atoms with Gasteiger partial charge in [-0.3, -0.25) is 4.79 Å². The van der Waals surface area contributed by atoms with Crippen LogP contribution >= 0.6 is 0 Å². The highest BCUT2D eigenvalue weighted by Crippen LogP contribution is 2.09. The summed E-state index contributed by atoms with van der Waals surface area (Å²) in [5, 5.41) is 3.26. The Morgan fingerprint density at radius 2 is 2.05 bits per heavy atom. The zero-order valence-corrected chi connectivity index (χ0v) is 11.7. The molecule has 0 spiro atoms. The fourth-order valence-corrected chi connectivity index (χ4v) is 2.47. The third kappa shape index (κ3) is 4.67. The van der Waals surface area contributed by atoms with Crippen LogP contribution in [0.25, 0.3) is 0 Å². The number of aromatic nitrogens is 2. The number of hydrogen-bond donors (Lipinski definition) is 2. The number of likely N-dealkylation sites (tertiary alicyclic amines) is 1. The summed E-state index contributed by atoms with van der Waals surface area (Å²) < 4.78 is 0. The van der Waals surface area contributed by atoms with E-state index in [0.29, 0.717) is 5.82 Å². The second-order valence-corrected chi connectivity index (χ2v) is 5.11. The van der Waals surface area contributed by atoms with E-state index in [1.807, 2.05) is 6.92 Å². The molecule has 2 N–H and O–H groups in total. The van der Waals surface area contributed by atoms with Crippen molar-refractivity contribution in [1.29, 1.82) is 0 Å². The number of H-pyrrole nitrogens is 1. The Kier molecular flexibility index (Phi) is 5.39. The molecule has 0 bridgehead atoms. The molecule has 0 atom stereocenters. The predicted octanol–water partition coefficient (Wildman–Crippen LogP) is 1.62. The smallest absolute Gasteiger partial charge is 0.252 e. The maximum atomic E-state index is 11.4. The van der Waals surface area contributed by atoms with Crippen molar-refractivity contribution in [3.05, 3.63) is 22.2 Å². The van der Waals surface area contributed by atoms with Crippen molar-refractivity contribution in [3.63, 3.8) is 0 Å². The standard InChI is InChI=1S/C14H24N4O/c1-2-12-16-13(11-14(19)17-12)15-7-10-18-8-5-3-4-6-9-18/h11H,2-10H2,1H3,(H2,15,16,17,19). The molecule has 2 rings (SSSR count). The van der Waals surface area contributed by atoms with Gasteiger partial charge >= 0.3 is 0 Å². The van der Waals surface area contributed by atoms with Crippen LogP contribution < -0.4 is 10.9 Å². The third-order valence-corrected chi connectivity index (χ3v) is 3.56. The lowest BCUT2D eigenvalue weighted by Crippen LogP contribution is -2.30. The normalized spacial score (nSPS) is 17.1. The summed E-state index contributed by atoms with van der Waals surface area (Å²) in [6, 6.07) is 1.53. The molecule has 2 heterocycles. The van der Waals surface area contributed by atoms with Crippen molar-refractivity contribution < 1.29 is 0 Å². The first-order valence-corrected chi connectivity index (χ1v) is 7.34. The van der Waals surface area contributed by atoms with Gasteiger partial charge < -0.3 is 15.2 Å². The van der Waals surface area contributed by atoms with Crippen LogP contribution in [0.4, 0.5) is 5.82 Å². The second kappa shape index (κ2) is 7.28. The largest absolute Gasteiger partial charge is 0.369 e. The number of nitrogens with zero attached hydrogens (tertiary/aromatic N) is 2. The zero-order valence-electron chi connectivity index (χ0n) is 11.7. The molecule has 1 fully saturated rings. The molecule has 5 nitrogen and oxygen atoms in total. The number of hydrogen-bond acceptors (Lipinski definition) is 4. The highest BCUT2D eigenvalue weighted by molar-refractivity contribution is 5.32. The van der Waals surface area contributed by atoms with Gasteiger partial charge in [-0.05, 0) is 25.9 Å². The number of nitrogens with one attached hydrogen (secondary N) is 2. The summed E-state index contributed by atoms with van der Waals surface area (Å²) in [6.07, 6.45) is 6.09. The minimum atomic E-state index is -0.0795. The van der Waals surface area contributed by atoms with E-state index in [1.165, 1.54) is 44.8 Å². The lowest BCUT2D eigenvalue weighted by molar-refractivity contribution is 0.296. The van der Waals surface area contributed by atoms with Gasteiger partial charge in [0.15, 0.2) is 0 Å². The quantitative estimate of drug-likeness (QED) is 0.848. The predicted molar refractivity (Wildman–Crippen MR) is 77.6 cm³/mol. The van der Waals surface area contributed by atoms with Crippen molar-refractivity contribution in [2.24, 2.45) is 0 Å². The SMILES string of the molecule is CCc1nc(NCCN2CCCCCC2)cc(=O)[nH]1. The Morgan fingerprint density at radius 1 is 1.32 bits per heavy atom. The van der Waals surface area contributed by atoms with E-state index in [1.54, 1.807) is 0 Å². The number of aromatic amines is 1. The van der Waals surface area contributed by atoms with Gasteiger partial charge in [-0.1, -0.05) is 19.8 Å². The Balaban J connectivity index is 1.81. The van der Waals surface area contributed by atoms with Crippen LogP contribution in [0.1, 0.15) is 38.4 Å². The molecule has 0 unspecified atom stereocenters. The van der Waals surface area contributed by atoms with Crippen molar-refractivity contribution in [2.75, 3.05) is 31.5 Å². The van der Waals surface area contributed by atoms with E-state index in [-0.39, 0.29) is 5.56 Å². The van der Waals surface area contributed by atoms with E-state index in [9.17, 15) is 4.79 Å². The first-order chi connectivity index (χ1) is 9.28. The summed E-state index contributed by atoms with van der Waals surface area (Å²) in [5.74, 6) is 1.43. The third-order valence-electron chi connectivity index (χ3n) is 3.56. The van der Waals surface area contributed by atoms with Crippen molar-refractivity contribution in [1.82, 2.24) is 14.9 Å². The summed E-state index contributed by atoms with van der Waals surface area (Å²) >= 11 is 0. The fourth-order valence-electron chi connectivity index (χ4n) is 2.47. The Morgan fingerprint density at radius 3 is 2.74 bits per heavy atom. The molecule has 1 aromatic heterocycles. The van der Waals surface area contributed by atoms with E-state index < -0.39 is 0 Å². The number of aryl methyl sites for hydroxylation is 1. The van der Waals surface area contributed by atoms with Crippen molar-refractivity contribution in [2.45, 2.75) is 39.0 Å². The molecule has 106 valence electrons. The number of anilines is 1. The van der Waals surface area contributed by atoms with Crippen molar-refractivity contribution >= 4 is 5.82 Å². The minimum Gasteiger partial charge on any atom is -0.369 e. The van der Waals surface area contributed by atoms with Gasteiger partial charge in [-0.15, -0.1) is 0 Å². The molecule has 5 heteroatoms.